The molecule has 562 valence electrons. The second-order valence-corrected chi connectivity index (χ2v) is 27.7. The van der Waals surface area contributed by atoms with E-state index in [0.717, 1.165) is 74.4 Å². The van der Waals surface area contributed by atoms with Gasteiger partial charge in [-0.25, -0.2) is 17.6 Å². The molecule has 2 aliphatic rings. The van der Waals surface area contributed by atoms with Gasteiger partial charge in [0.2, 0.25) is 0 Å². The van der Waals surface area contributed by atoms with Gasteiger partial charge in [0.25, 0.3) is 11.1 Å². The number of carboxylic acid groups (broad SMARTS) is 1. The van der Waals surface area contributed by atoms with E-state index in [0.29, 0.717) is 47.2 Å². The minimum absolute atomic E-state index is 0. The van der Waals surface area contributed by atoms with E-state index in [2.05, 4.69) is 9.80 Å². The van der Waals surface area contributed by atoms with Gasteiger partial charge in [0.15, 0.2) is 11.6 Å². The molecule has 2 aliphatic heterocycles. The van der Waals surface area contributed by atoms with Crippen molar-refractivity contribution in [1.29, 1.82) is 0 Å². The van der Waals surface area contributed by atoms with Crippen LogP contribution in [0.2, 0.25) is 10.0 Å². The van der Waals surface area contributed by atoms with Crippen molar-refractivity contribution in [3.8, 4) is 22.3 Å². The first-order valence-electron chi connectivity index (χ1n) is 33.0. The van der Waals surface area contributed by atoms with Crippen molar-refractivity contribution < 1.29 is 102 Å². The van der Waals surface area contributed by atoms with Crippen LogP contribution in [0.4, 0.5) is 43.9 Å². The first kappa shape index (κ1) is 91.3. The Morgan fingerprint density at radius 3 is 1.15 bits per heavy atom. The molecule has 103 heavy (non-hydrogen) atoms. The second kappa shape index (κ2) is 39.6. The van der Waals surface area contributed by atoms with Crippen molar-refractivity contribution in [3.05, 3.63) is 182 Å². The fourth-order valence-corrected chi connectivity index (χ4v) is 13.9. The number of hydrogen-bond acceptors (Lipinski definition) is 11. The molecular formula is C74H89Cl2F10LiN4O10S2. The number of ketones is 2. The van der Waals surface area contributed by atoms with E-state index >= 15 is 17.6 Å². The third-order valence-electron chi connectivity index (χ3n) is 18.4. The Labute approximate surface area is 629 Å². The maximum atomic E-state index is 16.7. The number of ether oxygens (including phenoxy) is 1. The molecule has 2 aromatic heterocycles. The fourth-order valence-electron chi connectivity index (χ4n) is 13.3. The number of carbonyl (C=O) groups excluding carboxylic acids is 3. The summed E-state index contributed by atoms with van der Waals surface area (Å²) in [5.41, 5.74) is -3.14. The summed E-state index contributed by atoms with van der Waals surface area (Å²) in [6.07, 6.45) is -6.85. The third-order valence-corrected chi connectivity index (χ3v) is 18.8. The molecule has 0 spiro atoms. The predicted molar refractivity (Wildman–Crippen MR) is 382 cm³/mol. The van der Waals surface area contributed by atoms with E-state index < -0.39 is 153 Å². The van der Waals surface area contributed by atoms with Gasteiger partial charge in [-0.1, -0.05) is 50.9 Å². The summed E-state index contributed by atoms with van der Waals surface area (Å²) in [5.74, 6) is -14.2. The van der Waals surface area contributed by atoms with Crippen molar-refractivity contribution >= 4 is 73.7 Å². The number of esters is 1. The molecule has 8 rings (SSSR count). The summed E-state index contributed by atoms with van der Waals surface area (Å²) < 4.78 is 159. The Morgan fingerprint density at radius 1 is 0.534 bits per heavy atom. The first-order valence-corrected chi connectivity index (χ1v) is 33.8. The molecule has 0 saturated carbocycles. The summed E-state index contributed by atoms with van der Waals surface area (Å²) in [6.45, 7) is 23.9. The monoisotopic (exact) mass is 1520 g/mol. The average Bonchev–Trinajstić information content (AvgIpc) is 0.758. The van der Waals surface area contributed by atoms with E-state index in [1.807, 2.05) is 34.6 Å². The van der Waals surface area contributed by atoms with Crippen LogP contribution in [0.1, 0.15) is 177 Å². The fraction of sp³-hybridized carbons (Fsp3) is 0.486. The van der Waals surface area contributed by atoms with Crippen LogP contribution in [-0.4, -0.2) is 98.7 Å². The predicted octanol–water partition coefficient (Wildman–Crippen LogP) is 13.4. The van der Waals surface area contributed by atoms with Crippen molar-refractivity contribution in [2.75, 3.05) is 45.9 Å². The van der Waals surface area contributed by atoms with E-state index in [-0.39, 0.29) is 98.3 Å². The summed E-state index contributed by atoms with van der Waals surface area (Å²) >= 11 is 12.2. The SMILES string of the molecule is CCOC(=O)C[C@H](CC(=O)C(CC(C)C)n1cc(CCN2CCC2)c(C)cc1=O)c1c(F)c(-c2c(C)cc(Cl)cc2C)cc(C(F)(F)F)c1F.Cc1cc(=O)n(C(CC(C)C)C(=O)C[C@@H](CC(=O)O)c2c(F)c(-c3c(C)cc(Cl)cc3C)cc(C(F)(F)F)c2F)cc1CCN1CCC1.S.S.[Li+].[O-]O. The van der Waals surface area contributed by atoms with Gasteiger partial charge in [0.05, 0.1) is 42.7 Å². The van der Waals surface area contributed by atoms with Gasteiger partial charge >= 0.3 is 43.2 Å². The van der Waals surface area contributed by atoms with Crippen molar-refractivity contribution in [3.63, 3.8) is 0 Å². The summed E-state index contributed by atoms with van der Waals surface area (Å²) in [5, 5.41) is 23.3. The van der Waals surface area contributed by atoms with Crippen LogP contribution >= 0.6 is 50.2 Å². The van der Waals surface area contributed by atoms with Gasteiger partial charge in [-0.2, -0.15) is 53.3 Å². The van der Waals surface area contributed by atoms with Crippen LogP contribution < -0.4 is 35.2 Å². The first-order chi connectivity index (χ1) is 46.8. The molecule has 2 saturated heterocycles. The Morgan fingerprint density at radius 2 is 0.864 bits per heavy atom. The Kier molecular flexibility index (Phi) is 35.1. The van der Waals surface area contributed by atoms with E-state index in [1.54, 1.807) is 19.3 Å². The quantitative estimate of drug-likeness (QED) is 0.0163. The van der Waals surface area contributed by atoms with Crippen LogP contribution in [0.25, 0.3) is 22.3 Å². The van der Waals surface area contributed by atoms with Gasteiger partial charge in [0, 0.05) is 94.6 Å². The average molecular weight is 1530 g/mol. The number of carboxylic acids is 1. The van der Waals surface area contributed by atoms with Gasteiger partial charge in [0.1, 0.15) is 23.3 Å². The Balaban J connectivity index is 0.000000509. The van der Waals surface area contributed by atoms with Crippen LogP contribution in [0.15, 0.2) is 70.5 Å². The van der Waals surface area contributed by atoms with E-state index in [4.69, 9.17) is 38.5 Å². The number of pyridine rings is 2. The standard InChI is InChI=1S/C38H44ClF5N2O4.C36H40ClF5N2O4.Li.H2O2.2H2S/c1-7-50-33(49)18-26(35-36(40)28(19-29(37(35)41)38(42,43)44)34-23(5)14-27(39)15-24(34)6)17-31(47)30(13-21(2)3)46-20-25(22(4)16-32(46)48)9-12-45-10-8-11-45;1-19(2)11-28(44-18-23(20(3)14-30(44)46)7-10-43-8-6-9-43)29(45)15-24(16-31(47)48)33-34(38)26(17-27(35(33)39)36(40,41)42)32-21(4)12-25(37)13-22(32)5;;1-2;;/h14-16,19-21,26,30H,7-13,17-18H2,1-6H3;12-14,17-19,24,28H,6-11,15-16H2,1-5H3,(H,47,48);;1-2H;2*1H2/q;;+1;;;/p-1/t26-,30?;24-,28?;;;;/m00..../s1. The molecule has 0 bridgehead atoms. The van der Waals surface area contributed by atoms with Crippen molar-refractivity contribution in [2.24, 2.45) is 11.8 Å². The molecule has 2 unspecified atom stereocenters. The molecule has 29 heteroatoms. The van der Waals surface area contributed by atoms with E-state index in [9.17, 15) is 60.2 Å². The summed E-state index contributed by atoms with van der Waals surface area (Å²) in [4.78, 5) is 84.4. The number of rotatable bonds is 27. The normalized spacial score (nSPS) is 14.2. The number of alkyl halides is 6. The number of Topliss-reactive ketones (excluding diaryl/α,β-unsaturated/α-hetero) is 2. The molecule has 4 atom stereocenters. The van der Waals surface area contributed by atoms with Crippen LogP contribution in [-0.2, 0) is 49.1 Å². The molecule has 2 N–H and O–H groups in total. The topological polar surface area (TPSA) is 192 Å². The zero-order valence-electron chi connectivity index (χ0n) is 59.7. The van der Waals surface area contributed by atoms with Crippen LogP contribution in [0.5, 0.6) is 0 Å². The summed E-state index contributed by atoms with van der Waals surface area (Å²) in [6, 6.07) is 7.13. The van der Waals surface area contributed by atoms with E-state index in [1.165, 1.54) is 80.2 Å². The number of carbonyl (C=O) groups is 4. The molecular weight excluding hydrogens is 1440 g/mol. The number of halogens is 12. The van der Waals surface area contributed by atoms with Crippen LogP contribution in [0, 0.1) is 76.6 Å². The van der Waals surface area contributed by atoms with Crippen molar-refractivity contribution in [2.45, 2.75) is 177 Å². The number of benzene rings is 4. The summed E-state index contributed by atoms with van der Waals surface area (Å²) in [7, 11) is 0. The molecule has 0 aliphatic carbocycles. The minimum atomic E-state index is -5.27. The van der Waals surface area contributed by atoms with Gasteiger partial charge < -0.3 is 39.3 Å². The largest absolute Gasteiger partial charge is 1.00 e. The smallest absolute Gasteiger partial charge is 0.727 e. The molecule has 0 radical (unpaired) electrons. The molecule has 4 aromatic carbocycles. The molecule has 14 nitrogen and oxygen atoms in total. The van der Waals surface area contributed by atoms with Crippen LogP contribution in [0.3, 0.4) is 0 Å². The maximum absolute atomic E-state index is 16.7. The second-order valence-electron chi connectivity index (χ2n) is 26.8. The zero-order valence-corrected chi connectivity index (χ0v) is 63.3. The zero-order chi connectivity index (χ0) is 74.7. The maximum Gasteiger partial charge on any atom is 1.00 e. The van der Waals surface area contributed by atoms with Gasteiger partial charge in [-0.3, -0.25) is 28.8 Å². The number of hydrogen-bond donors (Lipinski definition) is 2. The number of aliphatic carboxylic acids is 1. The Hall–Kier alpha value is -5.92. The third kappa shape index (κ3) is 23.3. The minimum Gasteiger partial charge on any atom is -0.727 e. The van der Waals surface area contributed by atoms with Gasteiger partial charge in [-0.05, 0) is 217 Å². The Bertz CT molecular complexity index is 4060. The number of aryl methyl sites for hydroxylation is 6. The number of likely N-dealkylation sites (tertiary alicyclic amines) is 2. The molecule has 6 aromatic rings. The van der Waals surface area contributed by atoms with Crippen molar-refractivity contribution in [1.82, 2.24) is 18.9 Å². The molecule has 0 amide bonds. The molecule has 2 fully saturated rings. The number of nitrogens with zero attached hydrogens (tertiary/aromatic N) is 4. The number of aromatic nitrogens is 2. The molecule has 4 heterocycles. The van der Waals surface area contributed by atoms with Gasteiger partial charge in [-0.15, -0.1) is 0 Å².